The maximum Gasteiger partial charge on any atom is 0.310 e. The SMILES string of the molecule is CCCCC(CC)(CCCC)C(CCCC)(CCCC)C(=O)O. The number of carboxylic acid groups (broad SMARTS) is 1. The summed E-state index contributed by atoms with van der Waals surface area (Å²) in [6, 6.07) is 0. The van der Waals surface area contributed by atoms with E-state index in [4.69, 9.17) is 0 Å². The molecular weight excluding hydrogens is 284 g/mol. The first kappa shape index (κ1) is 22.5. The van der Waals surface area contributed by atoms with Gasteiger partial charge in [0.15, 0.2) is 0 Å². The van der Waals surface area contributed by atoms with Crippen molar-refractivity contribution in [2.45, 2.75) is 118 Å². The zero-order valence-electron chi connectivity index (χ0n) is 16.5. The molecule has 138 valence electrons. The summed E-state index contributed by atoms with van der Waals surface area (Å²) in [5, 5.41) is 10.3. The summed E-state index contributed by atoms with van der Waals surface area (Å²) in [6.45, 7) is 11.0. The maximum absolute atomic E-state index is 12.6. The Hall–Kier alpha value is -0.530. The average molecular weight is 327 g/mol. The van der Waals surface area contributed by atoms with Crippen molar-refractivity contribution < 1.29 is 9.90 Å². The Morgan fingerprint density at radius 3 is 1.30 bits per heavy atom. The van der Waals surface area contributed by atoms with Gasteiger partial charge in [-0.05, 0) is 37.5 Å². The Kier molecular flexibility index (Phi) is 11.6. The van der Waals surface area contributed by atoms with Crippen LogP contribution in [0.5, 0.6) is 0 Å². The molecule has 0 amide bonds. The van der Waals surface area contributed by atoms with Crippen LogP contribution in [0, 0.1) is 10.8 Å². The molecular formula is C21H42O2. The molecule has 0 atom stereocenters. The van der Waals surface area contributed by atoms with Crippen molar-refractivity contribution in [2.75, 3.05) is 0 Å². The molecule has 0 bridgehead atoms. The minimum atomic E-state index is -0.520. The van der Waals surface area contributed by atoms with Crippen LogP contribution in [0.3, 0.4) is 0 Å². The molecule has 0 aromatic rings. The Morgan fingerprint density at radius 2 is 1.04 bits per heavy atom. The summed E-state index contributed by atoms with van der Waals surface area (Å²) in [6.07, 6.45) is 13.8. The lowest BCUT2D eigenvalue weighted by molar-refractivity contribution is -0.163. The Bertz CT molecular complexity index is 293. The average Bonchev–Trinajstić information content (AvgIpc) is 2.56. The first-order chi connectivity index (χ1) is 11.0. The van der Waals surface area contributed by atoms with E-state index in [1.165, 1.54) is 0 Å². The van der Waals surface area contributed by atoms with Crippen LogP contribution in [0.2, 0.25) is 0 Å². The zero-order valence-corrected chi connectivity index (χ0v) is 16.5. The monoisotopic (exact) mass is 326 g/mol. The molecule has 0 radical (unpaired) electrons. The molecule has 0 fully saturated rings. The molecule has 2 heteroatoms. The molecule has 2 nitrogen and oxygen atoms in total. The van der Waals surface area contributed by atoms with E-state index >= 15 is 0 Å². The molecule has 0 saturated heterocycles. The van der Waals surface area contributed by atoms with Crippen LogP contribution in [0.25, 0.3) is 0 Å². The van der Waals surface area contributed by atoms with Crippen LogP contribution in [0.15, 0.2) is 0 Å². The summed E-state index contributed by atoms with van der Waals surface area (Å²) in [5.74, 6) is -0.520. The highest BCUT2D eigenvalue weighted by Gasteiger charge is 2.53. The van der Waals surface area contributed by atoms with E-state index in [0.29, 0.717) is 0 Å². The third kappa shape index (κ3) is 5.80. The lowest BCUT2D eigenvalue weighted by atomic mass is 9.54. The Labute approximate surface area is 145 Å². The van der Waals surface area contributed by atoms with Crippen LogP contribution >= 0.6 is 0 Å². The highest BCUT2D eigenvalue weighted by Crippen LogP contribution is 2.55. The molecule has 0 unspecified atom stereocenters. The summed E-state index contributed by atoms with van der Waals surface area (Å²) in [5.41, 5.74) is -0.534. The topological polar surface area (TPSA) is 37.3 Å². The maximum atomic E-state index is 12.6. The third-order valence-corrected chi connectivity index (χ3v) is 6.03. The molecule has 0 aliphatic carbocycles. The number of aliphatic carboxylic acids is 1. The second-order valence-corrected chi connectivity index (χ2v) is 7.44. The quantitative estimate of drug-likeness (QED) is 0.345. The van der Waals surface area contributed by atoms with E-state index in [2.05, 4.69) is 34.6 Å². The normalized spacial score (nSPS) is 12.6. The van der Waals surface area contributed by atoms with Gasteiger partial charge < -0.3 is 5.11 Å². The number of hydrogen-bond acceptors (Lipinski definition) is 1. The number of rotatable bonds is 15. The van der Waals surface area contributed by atoms with Crippen molar-refractivity contribution in [3.05, 3.63) is 0 Å². The second kappa shape index (κ2) is 11.9. The Morgan fingerprint density at radius 1 is 0.696 bits per heavy atom. The van der Waals surface area contributed by atoms with E-state index in [1.807, 2.05) is 0 Å². The van der Waals surface area contributed by atoms with Gasteiger partial charge in [-0.15, -0.1) is 0 Å². The number of carboxylic acids is 1. The molecule has 0 aliphatic rings. The standard InChI is InChI=1S/C21H42O2/c1-6-11-15-20(10-5,16-12-7-2)21(19(22)23,17-13-8-3)18-14-9-4/h6-18H2,1-5H3,(H,22,23). The van der Waals surface area contributed by atoms with Gasteiger partial charge in [0.1, 0.15) is 0 Å². The van der Waals surface area contributed by atoms with E-state index in [-0.39, 0.29) is 5.41 Å². The molecule has 0 rings (SSSR count). The van der Waals surface area contributed by atoms with Gasteiger partial charge in [-0.2, -0.15) is 0 Å². The van der Waals surface area contributed by atoms with E-state index in [9.17, 15) is 9.90 Å². The van der Waals surface area contributed by atoms with Crippen molar-refractivity contribution in [2.24, 2.45) is 10.8 Å². The van der Waals surface area contributed by atoms with Gasteiger partial charge in [-0.3, -0.25) is 4.79 Å². The van der Waals surface area contributed by atoms with E-state index in [1.54, 1.807) is 0 Å². The third-order valence-electron chi connectivity index (χ3n) is 6.03. The highest BCUT2D eigenvalue weighted by molar-refractivity contribution is 5.76. The van der Waals surface area contributed by atoms with Crippen molar-refractivity contribution in [1.82, 2.24) is 0 Å². The smallest absolute Gasteiger partial charge is 0.310 e. The summed E-state index contributed by atoms with van der Waals surface area (Å²) in [7, 11) is 0. The highest BCUT2D eigenvalue weighted by atomic mass is 16.4. The van der Waals surface area contributed by atoms with Gasteiger partial charge in [0.25, 0.3) is 0 Å². The van der Waals surface area contributed by atoms with Crippen molar-refractivity contribution in [3.63, 3.8) is 0 Å². The van der Waals surface area contributed by atoms with E-state index < -0.39 is 11.4 Å². The van der Waals surface area contributed by atoms with Crippen LogP contribution < -0.4 is 0 Å². The predicted molar refractivity (Wildman–Crippen MR) is 101 cm³/mol. The molecule has 0 aromatic carbocycles. The fraction of sp³-hybridized carbons (Fsp3) is 0.952. The molecule has 0 spiro atoms. The zero-order chi connectivity index (χ0) is 17.8. The molecule has 0 aliphatic heterocycles. The molecule has 0 heterocycles. The minimum absolute atomic E-state index is 0.0187. The predicted octanol–water partition coefficient (Wildman–Crippen LogP) is 7.21. The van der Waals surface area contributed by atoms with Gasteiger partial charge in [-0.25, -0.2) is 0 Å². The molecule has 1 N–H and O–H groups in total. The molecule has 23 heavy (non-hydrogen) atoms. The van der Waals surface area contributed by atoms with Crippen LogP contribution in [-0.2, 0) is 4.79 Å². The van der Waals surface area contributed by atoms with Crippen LogP contribution in [0.1, 0.15) is 118 Å². The number of unbranched alkanes of at least 4 members (excludes halogenated alkanes) is 4. The number of hydrogen-bond donors (Lipinski definition) is 1. The van der Waals surface area contributed by atoms with Crippen molar-refractivity contribution >= 4 is 5.97 Å². The first-order valence-electron chi connectivity index (χ1n) is 10.2. The summed E-state index contributed by atoms with van der Waals surface area (Å²) < 4.78 is 0. The fourth-order valence-corrected chi connectivity index (χ4v) is 4.38. The van der Waals surface area contributed by atoms with Gasteiger partial charge in [0, 0.05) is 0 Å². The summed E-state index contributed by atoms with van der Waals surface area (Å²) >= 11 is 0. The minimum Gasteiger partial charge on any atom is -0.481 e. The van der Waals surface area contributed by atoms with Gasteiger partial charge in [0.05, 0.1) is 5.41 Å². The number of carbonyl (C=O) groups is 1. The second-order valence-electron chi connectivity index (χ2n) is 7.44. The Balaban J connectivity index is 5.82. The van der Waals surface area contributed by atoms with Crippen molar-refractivity contribution in [3.8, 4) is 0 Å². The lowest BCUT2D eigenvalue weighted by Gasteiger charge is -2.49. The molecule has 0 aromatic heterocycles. The van der Waals surface area contributed by atoms with Crippen molar-refractivity contribution in [1.29, 1.82) is 0 Å². The van der Waals surface area contributed by atoms with Crippen LogP contribution in [0.4, 0.5) is 0 Å². The summed E-state index contributed by atoms with van der Waals surface area (Å²) in [4.78, 5) is 12.6. The van der Waals surface area contributed by atoms with Gasteiger partial charge in [0.2, 0.25) is 0 Å². The van der Waals surface area contributed by atoms with Crippen LogP contribution in [-0.4, -0.2) is 11.1 Å². The largest absolute Gasteiger partial charge is 0.481 e. The van der Waals surface area contributed by atoms with Gasteiger partial charge in [-0.1, -0.05) is 86.0 Å². The fourth-order valence-electron chi connectivity index (χ4n) is 4.38. The lowest BCUT2D eigenvalue weighted by Crippen LogP contribution is -2.48. The van der Waals surface area contributed by atoms with E-state index in [0.717, 1.165) is 83.5 Å². The first-order valence-corrected chi connectivity index (χ1v) is 10.2. The molecule has 0 saturated carbocycles. The van der Waals surface area contributed by atoms with Gasteiger partial charge >= 0.3 is 5.97 Å².